The summed E-state index contributed by atoms with van der Waals surface area (Å²) >= 11 is 0. The van der Waals surface area contributed by atoms with E-state index in [-0.39, 0.29) is 11.8 Å². The lowest BCUT2D eigenvalue weighted by Gasteiger charge is -2.30. The third-order valence-electron chi connectivity index (χ3n) is 6.59. The van der Waals surface area contributed by atoms with Crippen molar-refractivity contribution < 1.29 is 4.79 Å². The van der Waals surface area contributed by atoms with Gasteiger partial charge in [-0.1, -0.05) is 77.8 Å². The van der Waals surface area contributed by atoms with Gasteiger partial charge >= 0.3 is 0 Å². The summed E-state index contributed by atoms with van der Waals surface area (Å²) in [6.45, 7) is 16.4. The zero-order chi connectivity index (χ0) is 20.0. The van der Waals surface area contributed by atoms with Crippen molar-refractivity contribution in [1.29, 1.82) is 0 Å². The fourth-order valence-electron chi connectivity index (χ4n) is 5.23. The van der Waals surface area contributed by atoms with Gasteiger partial charge in [-0.2, -0.15) is 0 Å². The molecule has 0 bridgehead atoms. The standard InChI is InChI=1S/C23H33NO.C2H6/c1-5-7-8-13-19-20(14-17-11-9-10-12-17)24-22-16(4)23(25)18(6-2)15(3)21(19)22;1-2/h5,7-8,16-20,24H,1,3,6,9-14H2,2,4H3;1-2H3/b8-7+;. The van der Waals surface area contributed by atoms with Crippen LogP contribution in [0.4, 0.5) is 0 Å². The van der Waals surface area contributed by atoms with Crippen LogP contribution in [0, 0.1) is 23.7 Å². The topological polar surface area (TPSA) is 29.1 Å². The van der Waals surface area contributed by atoms with Gasteiger partial charge in [0.1, 0.15) is 5.78 Å². The molecule has 0 aromatic carbocycles. The average molecular weight is 370 g/mol. The third kappa shape index (κ3) is 4.47. The minimum Gasteiger partial charge on any atom is -0.384 e. The van der Waals surface area contributed by atoms with Crippen LogP contribution in [0.3, 0.4) is 0 Å². The third-order valence-corrected chi connectivity index (χ3v) is 6.59. The maximum Gasteiger partial charge on any atom is 0.148 e. The predicted molar refractivity (Wildman–Crippen MR) is 116 cm³/mol. The molecule has 3 rings (SSSR count). The highest BCUT2D eigenvalue weighted by atomic mass is 16.1. The van der Waals surface area contributed by atoms with Gasteiger partial charge < -0.3 is 5.32 Å². The Balaban J connectivity index is 0.00000126. The molecule has 0 saturated heterocycles. The van der Waals surface area contributed by atoms with E-state index in [0.717, 1.165) is 24.3 Å². The fraction of sp³-hybridized carbons (Fsp3) is 0.640. The molecule has 3 aliphatic rings. The van der Waals surface area contributed by atoms with Gasteiger partial charge in [0.2, 0.25) is 0 Å². The first kappa shape index (κ1) is 21.7. The highest BCUT2D eigenvalue weighted by Crippen LogP contribution is 2.46. The normalized spacial score (nSPS) is 31.0. The lowest BCUT2D eigenvalue weighted by Crippen LogP contribution is -2.34. The van der Waals surface area contributed by atoms with Gasteiger partial charge in [0, 0.05) is 23.6 Å². The summed E-state index contributed by atoms with van der Waals surface area (Å²) in [4.78, 5) is 12.8. The summed E-state index contributed by atoms with van der Waals surface area (Å²) in [7, 11) is 0. The van der Waals surface area contributed by atoms with Crippen molar-refractivity contribution in [2.45, 2.75) is 78.7 Å². The summed E-state index contributed by atoms with van der Waals surface area (Å²) in [5.74, 6) is 1.63. The van der Waals surface area contributed by atoms with Crippen molar-refractivity contribution in [3.05, 3.63) is 48.2 Å². The van der Waals surface area contributed by atoms with Crippen LogP contribution in [0.15, 0.2) is 48.2 Å². The molecule has 0 spiro atoms. The second-order valence-electron chi connectivity index (χ2n) is 8.08. The van der Waals surface area contributed by atoms with Gasteiger partial charge in [-0.25, -0.2) is 0 Å². The first-order valence-electron chi connectivity index (χ1n) is 11.1. The number of ketones is 1. The van der Waals surface area contributed by atoms with Gasteiger partial charge in [-0.3, -0.25) is 4.79 Å². The predicted octanol–water partition coefficient (Wildman–Crippen LogP) is 6.37. The fourth-order valence-corrected chi connectivity index (χ4v) is 5.23. The largest absolute Gasteiger partial charge is 0.384 e. The number of hydrogen-bond donors (Lipinski definition) is 1. The molecule has 1 heterocycles. The summed E-state index contributed by atoms with van der Waals surface area (Å²) in [6, 6.07) is 0.449. The molecular formula is C25H39NO. The lowest BCUT2D eigenvalue weighted by molar-refractivity contribution is -0.124. The maximum absolute atomic E-state index is 12.8. The van der Waals surface area contributed by atoms with Crippen molar-refractivity contribution in [1.82, 2.24) is 5.32 Å². The second-order valence-corrected chi connectivity index (χ2v) is 8.08. The van der Waals surface area contributed by atoms with Gasteiger partial charge in [-0.15, -0.1) is 0 Å². The Hall–Kier alpha value is -1.57. The van der Waals surface area contributed by atoms with E-state index in [1.54, 1.807) is 0 Å². The van der Waals surface area contributed by atoms with Crippen molar-refractivity contribution in [2.75, 3.05) is 0 Å². The van der Waals surface area contributed by atoms with E-state index in [9.17, 15) is 4.79 Å². The van der Waals surface area contributed by atoms with E-state index in [1.807, 2.05) is 26.0 Å². The van der Waals surface area contributed by atoms with Crippen LogP contribution in [0.1, 0.15) is 72.6 Å². The molecule has 0 radical (unpaired) electrons. The van der Waals surface area contributed by atoms with E-state index in [0.29, 0.717) is 17.7 Å². The Kier molecular flexibility index (Phi) is 8.13. The zero-order valence-electron chi connectivity index (χ0n) is 17.9. The summed E-state index contributed by atoms with van der Waals surface area (Å²) in [5.41, 5.74) is 3.63. The summed E-state index contributed by atoms with van der Waals surface area (Å²) in [6.07, 6.45) is 14.7. The smallest absolute Gasteiger partial charge is 0.148 e. The molecule has 1 N–H and O–H groups in total. The first-order valence-corrected chi connectivity index (χ1v) is 11.1. The number of carbonyl (C=O) groups is 1. The number of rotatable bonds is 6. The van der Waals surface area contributed by atoms with Crippen LogP contribution in [0.2, 0.25) is 0 Å². The molecule has 4 unspecified atom stereocenters. The van der Waals surface area contributed by atoms with Crippen LogP contribution in [-0.4, -0.2) is 11.8 Å². The van der Waals surface area contributed by atoms with E-state index in [4.69, 9.17) is 0 Å². The Bertz CT molecular complexity index is 606. The molecule has 1 fully saturated rings. The van der Waals surface area contributed by atoms with Crippen LogP contribution >= 0.6 is 0 Å². The van der Waals surface area contributed by atoms with Crippen LogP contribution in [-0.2, 0) is 4.79 Å². The lowest BCUT2D eigenvalue weighted by atomic mass is 9.71. The van der Waals surface area contributed by atoms with Crippen LogP contribution in [0.5, 0.6) is 0 Å². The Labute approximate surface area is 166 Å². The number of nitrogens with one attached hydrogen (secondary N) is 1. The number of carbonyl (C=O) groups excluding carboxylic acids is 1. The molecule has 150 valence electrons. The number of Topliss-reactive ketones (excluding diaryl/α,β-unsaturated/α-hetero) is 1. The van der Waals surface area contributed by atoms with Gasteiger partial charge in [0.25, 0.3) is 0 Å². The van der Waals surface area contributed by atoms with Crippen LogP contribution < -0.4 is 5.32 Å². The molecule has 0 amide bonds. The monoisotopic (exact) mass is 369 g/mol. The minimum atomic E-state index is -0.00934. The molecule has 2 aliphatic carbocycles. The number of hydrogen-bond acceptors (Lipinski definition) is 2. The highest BCUT2D eigenvalue weighted by molar-refractivity contribution is 5.91. The Morgan fingerprint density at radius 3 is 2.48 bits per heavy atom. The van der Waals surface area contributed by atoms with E-state index in [2.05, 4.69) is 38.4 Å². The SMILES string of the molecule is C=C/C=C/CC1C2=C(NC1CC1CCCC1)C(C)C(=O)C(CC)C2=C.CC. The van der Waals surface area contributed by atoms with E-state index in [1.165, 1.54) is 43.4 Å². The molecule has 0 aromatic rings. The molecule has 1 saturated carbocycles. The van der Waals surface area contributed by atoms with Crippen molar-refractivity contribution in [3.63, 3.8) is 0 Å². The molecule has 1 aliphatic heterocycles. The number of allylic oxidation sites excluding steroid dienone is 5. The second kappa shape index (κ2) is 10.1. The summed E-state index contributed by atoms with van der Waals surface area (Å²) < 4.78 is 0. The van der Waals surface area contributed by atoms with Gasteiger partial charge in [-0.05, 0) is 43.3 Å². The molecule has 4 atom stereocenters. The van der Waals surface area contributed by atoms with Crippen molar-refractivity contribution >= 4 is 5.78 Å². The molecule has 0 aromatic heterocycles. The van der Waals surface area contributed by atoms with Crippen molar-refractivity contribution in [2.24, 2.45) is 23.7 Å². The van der Waals surface area contributed by atoms with E-state index >= 15 is 0 Å². The van der Waals surface area contributed by atoms with Gasteiger partial charge in [0.05, 0.1) is 5.92 Å². The quantitative estimate of drug-likeness (QED) is 0.551. The van der Waals surface area contributed by atoms with Gasteiger partial charge in [0.15, 0.2) is 0 Å². The average Bonchev–Trinajstić information content (AvgIpc) is 3.31. The molecule has 2 nitrogen and oxygen atoms in total. The first-order chi connectivity index (χ1) is 13.1. The van der Waals surface area contributed by atoms with Crippen molar-refractivity contribution in [3.8, 4) is 0 Å². The summed E-state index contributed by atoms with van der Waals surface area (Å²) in [5, 5.41) is 3.79. The Morgan fingerprint density at radius 2 is 1.89 bits per heavy atom. The van der Waals surface area contributed by atoms with Crippen LogP contribution in [0.25, 0.3) is 0 Å². The zero-order valence-corrected chi connectivity index (χ0v) is 17.9. The Morgan fingerprint density at radius 1 is 1.22 bits per heavy atom. The molecule has 27 heavy (non-hydrogen) atoms. The molecule has 2 heteroatoms. The maximum atomic E-state index is 12.8. The molecular weight excluding hydrogens is 330 g/mol. The van der Waals surface area contributed by atoms with E-state index < -0.39 is 0 Å². The minimum absolute atomic E-state index is 0.00617. The highest BCUT2D eigenvalue weighted by Gasteiger charge is 2.45.